The van der Waals surface area contributed by atoms with Gasteiger partial charge in [-0.1, -0.05) is 20.3 Å². The molecule has 0 aliphatic carbocycles. The summed E-state index contributed by atoms with van der Waals surface area (Å²) < 4.78 is 5.15. The lowest BCUT2D eigenvalue weighted by molar-refractivity contribution is -0.152. The van der Waals surface area contributed by atoms with Gasteiger partial charge in [-0.3, -0.25) is 10.1 Å². The van der Waals surface area contributed by atoms with Gasteiger partial charge in [0, 0.05) is 6.04 Å². The van der Waals surface area contributed by atoms with E-state index in [4.69, 9.17) is 4.74 Å². The molecule has 0 rings (SSSR count). The summed E-state index contributed by atoms with van der Waals surface area (Å²) in [5.41, 5.74) is -0.487. The third-order valence-corrected chi connectivity index (χ3v) is 2.51. The summed E-state index contributed by atoms with van der Waals surface area (Å²) in [5.74, 6) is -0.108. The van der Waals surface area contributed by atoms with E-state index < -0.39 is 5.54 Å². The highest BCUT2D eigenvalue weighted by molar-refractivity contribution is 5.80. The molecule has 0 aromatic heterocycles. The number of rotatable bonds is 7. The molecule has 0 saturated carbocycles. The Morgan fingerprint density at radius 3 is 2.27 bits per heavy atom. The van der Waals surface area contributed by atoms with Crippen LogP contribution in [0.25, 0.3) is 0 Å². The van der Waals surface area contributed by atoms with E-state index in [1.54, 1.807) is 0 Å². The highest BCUT2D eigenvalue weighted by Crippen LogP contribution is 2.20. The fourth-order valence-corrected chi connectivity index (χ4v) is 1.90. The summed E-state index contributed by atoms with van der Waals surface area (Å²) in [6.45, 7) is 10.5. The maximum absolute atomic E-state index is 11.9. The Bertz CT molecular complexity index is 192. The number of esters is 1. The van der Waals surface area contributed by atoms with E-state index in [1.807, 2.05) is 13.8 Å². The second-order valence-electron chi connectivity index (χ2n) is 4.21. The molecule has 3 heteroatoms. The highest BCUT2D eigenvalue weighted by atomic mass is 16.5. The number of carbonyl (C=O) groups is 1. The van der Waals surface area contributed by atoms with E-state index in [2.05, 4.69) is 26.1 Å². The topological polar surface area (TPSA) is 38.3 Å². The van der Waals surface area contributed by atoms with Gasteiger partial charge in [-0.15, -0.1) is 0 Å². The molecular formula is C12H25NO2. The average molecular weight is 215 g/mol. The van der Waals surface area contributed by atoms with Crippen molar-refractivity contribution in [1.82, 2.24) is 5.32 Å². The summed E-state index contributed by atoms with van der Waals surface area (Å²) >= 11 is 0. The van der Waals surface area contributed by atoms with Crippen LogP contribution >= 0.6 is 0 Å². The molecule has 0 aliphatic rings. The lowest BCUT2D eigenvalue weighted by Crippen LogP contribution is -2.55. The summed E-state index contributed by atoms with van der Waals surface area (Å²) in [6, 6.07) is 0.293. The quantitative estimate of drug-likeness (QED) is 0.663. The molecule has 1 atom stereocenters. The van der Waals surface area contributed by atoms with Gasteiger partial charge in [0.25, 0.3) is 0 Å². The second-order valence-corrected chi connectivity index (χ2v) is 4.21. The lowest BCUT2D eigenvalue weighted by atomic mass is 9.90. The van der Waals surface area contributed by atoms with Crippen molar-refractivity contribution in [2.75, 3.05) is 6.61 Å². The van der Waals surface area contributed by atoms with Crippen LogP contribution in [0.15, 0.2) is 0 Å². The molecule has 0 saturated heterocycles. The maximum atomic E-state index is 11.9. The molecule has 1 unspecified atom stereocenters. The van der Waals surface area contributed by atoms with Crippen LogP contribution in [0.4, 0.5) is 0 Å². The highest BCUT2D eigenvalue weighted by Gasteiger charge is 2.37. The summed E-state index contributed by atoms with van der Waals surface area (Å²) in [5, 5.41) is 3.35. The van der Waals surface area contributed by atoms with Gasteiger partial charge in [-0.25, -0.2) is 0 Å². The number of hydrogen-bond donors (Lipinski definition) is 1. The molecule has 3 nitrogen and oxygen atoms in total. The minimum Gasteiger partial charge on any atom is -0.465 e. The summed E-state index contributed by atoms with van der Waals surface area (Å²) in [7, 11) is 0. The number of ether oxygens (including phenoxy) is 1. The van der Waals surface area contributed by atoms with Gasteiger partial charge >= 0.3 is 5.97 Å². The molecule has 0 heterocycles. The Kier molecular flexibility index (Phi) is 6.57. The van der Waals surface area contributed by atoms with Gasteiger partial charge in [0.15, 0.2) is 0 Å². The van der Waals surface area contributed by atoms with E-state index in [0.717, 1.165) is 19.3 Å². The Hall–Kier alpha value is -0.570. The number of carbonyl (C=O) groups excluding carboxylic acids is 1. The Labute approximate surface area is 93.6 Å². The molecular weight excluding hydrogens is 190 g/mol. The van der Waals surface area contributed by atoms with Crippen molar-refractivity contribution in [2.45, 2.75) is 65.5 Å². The Morgan fingerprint density at radius 1 is 1.33 bits per heavy atom. The monoisotopic (exact) mass is 215 g/mol. The molecule has 0 aromatic rings. The van der Waals surface area contributed by atoms with E-state index in [0.29, 0.717) is 12.6 Å². The number of hydrogen-bond acceptors (Lipinski definition) is 3. The molecule has 0 spiro atoms. The summed E-state index contributed by atoms with van der Waals surface area (Å²) in [4.78, 5) is 11.9. The van der Waals surface area contributed by atoms with Crippen molar-refractivity contribution >= 4 is 5.97 Å². The zero-order chi connectivity index (χ0) is 11.9. The van der Waals surface area contributed by atoms with E-state index in [-0.39, 0.29) is 5.97 Å². The largest absolute Gasteiger partial charge is 0.465 e. The normalized spacial score (nSPS) is 15.1. The van der Waals surface area contributed by atoms with Crippen LogP contribution in [0.2, 0.25) is 0 Å². The standard InChI is InChI=1S/C12H25NO2/c1-6-9-12(7-2,13-10(4)5)11(14)15-8-3/h10,13H,6-9H2,1-5H3. The first-order valence-corrected chi connectivity index (χ1v) is 5.97. The second kappa shape index (κ2) is 6.83. The first kappa shape index (κ1) is 14.4. The van der Waals surface area contributed by atoms with Gasteiger partial charge in [0.05, 0.1) is 6.61 Å². The van der Waals surface area contributed by atoms with Crippen LogP contribution in [0, 0.1) is 0 Å². The van der Waals surface area contributed by atoms with E-state index in [1.165, 1.54) is 0 Å². The molecule has 1 N–H and O–H groups in total. The predicted octanol–water partition coefficient (Wildman–Crippen LogP) is 2.50. The predicted molar refractivity (Wildman–Crippen MR) is 62.8 cm³/mol. The average Bonchev–Trinajstić information content (AvgIpc) is 2.16. The third-order valence-electron chi connectivity index (χ3n) is 2.51. The fraction of sp³-hybridized carbons (Fsp3) is 0.917. The molecule has 0 bridgehead atoms. The Morgan fingerprint density at radius 2 is 1.93 bits per heavy atom. The van der Waals surface area contributed by atoms with Crippen LogP contribution in [0.5, 0.6) is 0 Å². The van der Waals surface area contributed by atoms with Gasteiger partial charge in [-0.05, 0) is 33.6 Å². The summed E-state index contributed by atoms with van der Waals surface area (Å²) in [6.07, 6.45) is 2.59. The van der Waals surface area contributed by atoms with Crippen LogP contribution in [-0.2, 0) is 9.53 Å². The SMILES string of the molecule is CCCC(CC)(NC(C)C)C(=O)OCC. The van der Waals surface area contributed by atoms with Crippen molar-refractivity contribution in [2.24, 2.45) is 0 Å². The molecule has 0 aromatic carbocycles. The maximum Gasteiger partial charge on any atom is 0.326 e. The van der Waals surface area contributed by atoms with Crippen molar-refractivity contribution < 1.29 is 9.53 Å². The number of nitrogens with one attached hydrogen (secondary N) is 1. The molecule has 90 valence electrons. The zero-order valence-corrected chi connectivity index (χ0v) is 10.7. The van der Waals surface area contributed by atoms with Crippen LogP contribution in [-0.4, -0.2) is 24.2 Å². The third kappa shape index (κ3) is 4.20. The first-order valence-electron chi connectivity index (χ1n) is 5.97. The Balaban J connectivity index is 4.70. The minimum absolute atomic E-state index is 0.108. The molecule has 0 fully saturated rings. The van der Waals surface area contributed by atoms with Crippen molar-refractivity contribution in [3.8, 4) is 0 Å². The van der Waals surface area contributed by atoms with Gasteiger partial charge < -0.3 is 4.74 Å². The fourth-order valence-electron chi connectivity index (χ4n) is 1.90. The lowest BCUT2D eigenvalue weighted by Gasteiger charge is -2.33. The van der Waals surface area contributed by atoms with Gasteiger partial charge in [0.1, 0.15) is 5.54 Å². The smallest absolute Gasteiger partial charge is 0.326 e. The van der Waals surface area contributed by atoms with E-state index in [9.17, 15) is 4.79 Å². The molecule has 15 heavy (non-hydrogen) atoms. The molecule has 0 amide bonds. The van der Waals surface area contributed by atoms with Crippen molar-refractivity contribution in [3.05, 3.63) is 0 Å². The van der Waals surface area contributed by atoms with Crippen molar-refractivity contribution in [1.29, 1.82) is 0 Å². The van der Waals surface area contributed by atoms with Gasteiger partial charge in [0.2, 0.25) is 0 Å². The molecule has 0 aliphatic heterocycles. The van der Waals surface area contributed by atoms with Crippen LogP contribution < -0.4 is 5.32 Å². The van der Waals surface area contributed by atoms with Crippen molar-refractivity contribution in [3.63, 3.8) is 0 Å². The minimum atomic E-state index is -0.487. The first-order chi connectivity index (χ1) is 7.02. The van der Waals surface area contributed by atoms with Crippen LogP contribution in [0.1, 0.15) is 53.9 Å². The van der Waals surface area contributed by atoms with Gasteiger partial charge in [-0.2, -0.15) is 0 Å². The van der Waals surface area contributed by atoms with Crippen LogP contribution in [0.3, 0.4) is 0 Å². The van der Waals surface area contributed by atoms with E-state index >= 15 is 0 Å². The molecule has 0 radical (unpaired) electrons. The zero-order valence-electron chi connectivity index (χ0n) is 10.7.